The number of aryl methyl sites for hydroxylation is 3. The lowest BCUT2D eigenvalue weighted by Crippen LogP contribution is -2.46. The first-order valence-corrected chi connectivity index (χ1v) is 10.6. The molecule has 7 heteroatoms. The fourth-order valence-corrected chi connectivity index (χ4v) is 4.42. The summed E-state index contributed by atoms with van der Waals surface area (Å²) in [6.45, 7) is 11.3. The van der Waals surface area contributed by atoms with Crippen molar-refractivity contribution in [2.75, 3.05) is 39.9 Å². The molecule has 1 fully saturated rings. The molecule has 1 aliphatic heterocycles. The van der Waals surface area contributed by atoms with Crippen LogP contribution in [0.1, 0.15) is 32.7 Å². The van der Waals surface area contributed by atoms with Crippen LogP contribution in [0.15, 0.2) is 29.3 Å². The molecule has 1 atom stereocenters. The summed E-state index contributed by atoms with van der Waals surface area (Å²) in [5, 5.41) is 8.05. The van der Waals surface area contributed by atoms with Crippen molar-refractivity contribution >= 4 is 17.3 Å². The molecule has 0 radical (unpaired) electrons. The summed E-state index contributed by atoms with van der Waals surface area (Å²) in [6.07, 6.45) is 0. The van der Waals surface area contributed by atoms with Gasteiger partial charge in [0.15, 0.2) is 5.96 Å². The minimum atomic E-state index is 0.287. The molecule has 0 bridgehead atoms. The van der Waals surface area contributed by atoms with Gasteiger partial charge in [0.2, 0.25) is 0 Å². The van der Waals surface area contributed by atoms with E-state index in [1.165, 1.54) is 16.0 Å². The highest BCUT2D eigenvalue weighted by atomic mass is 32.1. The molecule has 1 aromatic carbocycles. The SMILES string of the molecule is CN=C(NCc1sc(C)nc1C)NCC(c1cccc(C)c1)N1CCOCC1. The van der Waals surface area contributed by atoms with Crippen LogP contribution in [0.25, 0.3) is 0 Å². The van der Waals surface area contributed by atoms with Crippen LogP contribution in [0.2, 0.25) is 0 Å². The number of hydrogen-bond acceptors (Lipinski definition) is 5. The number of aromatic nitrogens is 1. The van der Waals surface area contributed by atoms with Crippen LogP contribution in [0.5, 0.6) is 0 Å². The van der Waals surface area contributed by atoms with Gasteiger partial charge in [-0.05, 0) is 26.3 Å². The molecule has 1 unspecified atom stereocenters. The summed E-state index contributed by atoms with van der Waals surface area (Å²) >= 11 is 1.73. The van der Waals surface area contributed by atoms with E-state index in [4.69, 9.17) is 4.74 Å². The van der Waals surface area contributed by atoms with E-state index in [-0.39, 0.29) is 6.04 Å². The van der Waals surface area contributed by atoms with Crippen molar-refractivity contribution in [3.05, 3.63) is 51.0 Å². The van der Waals surface area contributed by atoms with Gasteiger partial charge in [-0.1, -0.05) is 29.8 Å². The van der Waals surface area contributed by atoms with Gasteiger partial charge in [0.1, 0.15) is 0 Å². The molecule has 1 aromatic heterocycles. The van der Waals surface area contributed by atoms with E-state index in [0.29, 0.717) is 0 Å². The van der Waals surface area contributed by atoms with Crippen LogP contribution < -0.4 is 10.6 Å². The van der Waals surface area contributed by atoms with Crippen LogP contribution in [-0.4, -0.2) is 55.7 Å². The Labute approximate surface area is 172 Å². The second-order valence-corrected chi connectivity index (χ2v) is 8.41. The highest BCUT2D eigenvalue weighted by molar-refractivity contribution is 7.11. The smallest absolute Gasteiger partial charge is 0.191 e. The fraction of sp³-hybridized carbons (Fsp3) is 0.524. The highest BCUT2D eigenvalue weighted by Gasteiger charge is 2.23. The summed E-state index contributed by atoms with van der Waals surface area (Å²) < 4.78 is 5.55. The molecule has 2 aromatic rings. The number of rotatable bonds is 6. The highest BCUT2D eigenvalue weighted by Crippen LogP contribution is 2.22. The van der Waals surface area contributed by atoms with E-state index < -0.39 is 0 Å². The summed E-state index contributed by atoms with van der Waals surface area (Å²) in [7, 11) is 1.82. The minimum Gasteiger partial charge on any atom is -0.379 e. The number of hydrogen-bond donors (Lipinski definition) is 2. The number of nitrogens with zero attached hydrogens (tertiary/aromatic N) is 3. The number of ether oxygens (including phenoxy) is 1. The molecule has 2 heterocycles. The van der Waals surface area contributed by atoms with Crippen LogP contribution in [0.3, 0.4) is 0 Å². The summed E-state index contributed by atoms with van der Waals surface area (Å²) in [4.78, 5) is 12.7. The lowest BCUT2D eigenvalue weighted by atomic mass is 10.0. The standard InChI is InChI=1S/C21H31N5OS/c1-15-6-5-7-18(12-15)19(26-8-10-27-11-9-26)13-23-21(22-4)24-14-20-16(2)25-17(3)28-20/h5-7,12,19H,8-11,13-14H2,1-4H3,(H2,22,23,24). The maximum atomic E-state index is 5.55. The minimum absolute atomic E-state index is 0.287. The first-order valence-electron chi connectivity index (χ1n) is 9.82. The lowest BCUT2D eigenvalue weighted by Gasteiger charge is -2.35. The van der Waals surface area contributed by atoms with Crippen molar-refractivity contribution in [3.8, 4) is 0 Å². The van der Waals surface area contributed by atoms with Gasteiger partial charge in [0, 0.05) is 31.6 Å². The quantitative estimate of drug-likeness (QED) is 0.576. The summed E-state index contributed by atoms with van der Waals surface area (Å²) in [6, 6.07) is 9.07. The molecule has 0 aliphatic carbocycles. The molecule has 152 valence electrons. The van der Waals surface area contributed by atoms with E-state index in [9.17, 15) is 0 Å². The third-order valence-corrected chi connectivity index (χ3v) is 6.09. The Balaban J connectivity index is 1.65. The number of thiazole rings is 1. The monoisotopic (exact) mass is 401 g/mol. The predicted octanol–water partition coefficient (Wildman–Crippen LogP) is 2.81. The third kappa shape index (κ3) is 5.53. The molecule has 3 rings (SSSR count). The van der Waals surface area contributed by atoms with Crippen molar-refractivity contribution in [2.24, 2.45) is 4.99 Å². The van der Waals surface area contributed by atoms with E-state index in [1.54, 1.807) is 11.3 Å². The number of morpholine rings is 1. The molecule has 2 N–H and O–H groups in total. The van der Waals surface area contributed by atoms with Crippen LogP contribution in [-0.2, 0) is 11.3 Å². The van der Waals surface area contributed by atoms with Gasteiger partial charge in [-0.15, -0.1) is 11.3 Å². The van der Waals surface area contributed by atoms with Crippen LogP contribution in [0, 0.1) is 20.8 Å². The van der Waals surface area contributed by atoms with Crippen LogP contribution in [0.4, 0.5) is 0 Å². The maximum absolute atomic E-state index is 5.55. The van der Waals surface area contributed by atoms with E-state index in [0.717, 1.165) is 56.1 Å². The van der Waals surface area contributed by atoms with Gasteiger partial charge < -0.3 is 15.4 Å². The number of guanidine groups is 1. The molecule has 28 heavy (non-hydrogen) atoms. The zero-order valence-electron chi connectivity index (χ0n) is 17.3. The maximum Gasteiger partial charge on any atom is 0.191 e. The number of benzene rings is 1. The Kier molecular flexibility index (Phi) is 7.42. The van der Waals surface area contributed by atoms with Crippen molar-refractivity contribution in [2.45, 2.75) is 33.4 Å². The van der Waals surface area contributed by atoms with E-state index >= 15 is 0 Å². The Morgan fingerprint density at radius 1 is 1.25 bits per heavy atom. The predicted molar refractivity (Wildman–Crippen MR) is 116 cm³/mol. The van der Waals surface area contributed by atoms with Crippen LogP contribution >= 0.6 is 11.3 Å². The van der Waals surface area contributed by atoms with Gasteiger partial charge in [-0.3, -0.25) is 9.89 Å². The van der Waals surface area contributed by atoms with Gasteiger partial charge in [0.05, 0.1) is 36.5 Å². The molecular formula is C21H31N5OS. The molecule has 0 amide bonds. The molecule has 1 saturated heterocycles. The average Bonchev–Trinajstić information content (AvgIpc) is 3.02. The second-order valence-electron chi connectivity index (χ2n) is 7.13. The Morgan fingerprint density at radius 3 is 2.68 bits per heavy atom. The normalized spacial score (nSPS) is 16.8. The number of aliphatic imine (C=N–C) groups is 1. The van der Waals surface area contributed by atoms with Crippen molar-refractivity contribution in [3.63, 3.8) is 0 Å². The zero-order chi connectivity index (χ0) is 19.9. The molecule has 0 saturated carbocycles. The van der Waals surface area contributed by atoms with E-state index in [1.807, 2.05) is 14.0 Å². The van der Waals surface area contributed by atoms with Crippen molar-refractivity contribution in [1.82, 2.24) is 20.5 Å². The van der Waals surface area contributed by atoms with Gasteiger partial charge in [-0.25, -0.2) is 4.98 Å². The van der Waals surface area contributed by atoms with Crippen molar-refractivity contribution in [1.29, 1.82) is 0 Å². The third-order valence-electron chi connectivity index (χ3n) is 5.02. The topological polar surface area (TPSA) is 61.8 Å². The van der Waals surface area contributed by atoms with Gasteiger partial charge >= 0.3 is 0 Å². The molecule has 1 aliphatic rings. The Morgan fingerprint density at radius 2 is 2.04 bits per heavy atom. The molecule has 6 nitrogen and oxygen atoms in total. The van der Waals surface area contributed by atoms with Gasteiger partial charge in [0.25, 0.3) is 0 Å². The second kappa shape index (κ2) is 10.0. The molecular weight excluding hydrogens is 370 g/mol. The number of nitrogens with one attached hydrogen (secondary N) is 2. The lowest BCUT2D eigenvalue weighted by molar-refractivity contribution is 0.0170. The largest absolute Gasteiger partial charge is 0.379 e. The first kappa shape index (κ1) is 20.8. The van der Waals surface area contributed by atoms with E-state index in [2.05, 4.69) is 63.6 Å². The zero-order valence-corrected chi connectivity index (χ0v) is 18.1. The Bertz CT molecular complexity index is 798. The van der Waals surface area contributed by atoms with Gasteiger partial charge in [-0.2, -0.15) is 0 Å². The summed E-state index contributed by atoms with van der Waals surface area (Å²) in [5.74, 6) is 0.816. The molecule has 0 spiro atoms. The fourth-order valence-electron chi connectivity index (χ4n) is 3.54. The first-order chi connectivity index (χ1) is 13.6. The Hall–Kier alpha value is -1.96. The average molecular weight is 402 g/mol. The summed E-state index contributed by atoms with van der Waals surface area (Å²) in [5.41, 5.74) is 3.71. The van der Waals surface area contributed by atoms with Crippen molar-refractivity contribution < 1.29 is 4.74 Å².